The van der Waals surface area contributed by atoms with E-state index in [1.165, 1.54) is 6.92 Å². The number of nitrogens with two attached hydrogens (primary N) is 1. The van der Waals surface area contributed by atoms with Gasteiger partial charge in [-0.2, -0.15) is 0 Å². The van der Waals surface area contributed by atoms with Crippen LogP contribution in [0.2, 0.25) is 0 Å². The van der Waals surface area contributed by atoms with Gasteiger partial charge >= 0.3 is 0 Å². The SMILES string of the molecule is C[C@@]1(c2cc(Br)c(F)cc2F)O[C@@H](N)CNC1F. The van der Waals surface area contributed by atoms with Crippen LogP contribution < -0.4 is 11.1 Å². The molecule has 1 heterocycles. The van der Waals surface area contributed by atoms with Gasteiger partial charge < -0.3 is 10.5 Å². The van der Waals surface area contributed by atoms with Crippen LogP contribution in [0.4, 0.5) is 13.2 Å². The third-order valence-electron chi connectivity index (χ3n) is 2.92. The maximum absolute atomic E-state index is 13.9. The molecule has 0 bridgehead atoms. The molecule has 3 nitrogen and oxygen atoms in total. The summed E-state index contributed by atoms with van der Waals surface area (Å²) in [6, 6.07) is 1.85. The Morgan fingerprint density at radius 2 is 2.11 bits per heavy atom. The molecule has 1 unspecified atom stereocenters. The average molecular weight is 325 g/mol. The van der Waals surface area contributed by atoms with Gasteiger partial charge in [0, 0.05) is 18.2 Å². The van der Waals surface area contributed by atoms with E-state index < -0.39 is 29.8 Å². The van der Waals surface area contributed by atoms with Crippen molar-refractivity contribution in [1.29, 1.82) is 0 Å². The fourth-order valence-electron chi connectivity index (χ4n) is 1.93. The Bertz CT molecular complexity index is 474. The van der Waals surface area contributed by atoms with Gasteiger partial charge in [-0.15, -0.1) is 0 Å². The Labute approximate surface area is 111 Å². The monoisotopic (exact) mass is 324 g/mol. The van der Waals surface area contributed by atoms with Crippen LogP contribution in [0.3, 0.4) is 0 Å². The molecule has 100 valence electrons. The molecule has 2 rings (SSSR count). The van der Waals surface area contributed by atoms with Gasteiger partial charge in [-0.25, -0.2) is 13.2 Å². The Hall–Kier alpha value is -0.630. The van der Waals surface area contributed by atoms with Gasteiger partial charge in [0.15, 0.2) is 6.30 Å². The number of hydrogen-bond acceptors (Lipinski definition) is 3. The fourth-order valence-corrected chi connectivity index (χ4v) is 2.28. The highest BCUT2D eigenvalue weighted by Crippen LogP contribution is 2.36. The van der Waals surface area contributed by atoms with E-state index in [1.54, 1.807) is 0 Å². The minimum absolute atomic E-state index is 0.0371. The highest BCUT2D eigenvalue weighted by atomic mass is 79.9. The summed E-state index contributed by atoms with van der Waals surface area (Å²) in [5.41, 5.74) is 3.88. The lowest BCUT2D eigenvalue weighted by atomic mass is 9.92. The van der Waals surface area contributed by atoms with Crippen molar-refractivity contribution in [3.8, 4) is 0 Å². The fraction of sp³-hybridized carbons (Fsp3) is 0.455. The predicted molar refractivity (Wildman–Crippen MR) is 63.4 cm³/mol. The molecule has 7 heteroatoms. The third kappa shape index (κ3) is 2.27. The van der Waals surface area contributed by atoms with Crippen molar-refractivity contribution in [2.45, 2.75) is 25.0 Å². The lowest BCUT2D eigenvalue weighted by Gasteiger charge is -2.40. The van der Waals surface area contributed by atoms with Crippen molar-refractivity contribution in [3.63, 3.8) is 0 Å². The first kappa shape index (κ1) is 13.8. The number of benzene rings is 1. The van der Waals surface area contributed by atoms with Gasteiger partial charge in [-0.1, -0.05) is 0 Å². The van der Waals surface area contributed by atoms with Crippen molar-refractivity contribution in [1.82, 2.24) is 5.32 Å². The molecule has 0 aromatic heterocycles. The van der Waals surface area contributed by atoms with Crippen LogP contribution in [0, 0.1) is 11.6 Å². The first-order valence-electron chi connectivity index (χ1n) is 5.30. The van der Waals surface area contributed by atoms with E-state index in [9.17, 15) is 13.2 Å². The summed E-state index contributed by atoms with van der Waals surface area (Å²) in [6.07, 6.45) is -2.39. The second kappa shape index (κ2) is 4.80. The van der Waals surface area contributed by atoms with Crippen molar-refractivity contribution >= 4 is 15.9 Å². The number of halogens is 4. The van der Waals surface area contributed by atoms with E-state index in [4.69, 9.17) is 10.5 Å². The van der Waals surface area contributed by atoms with Crippen LogP contribution >= 0.6 is 15.9 Å². The summed E-state index contributed by atoms with van der Waals surface area (Å²) in [5.74, 6) is -1.64. The second-order valence-electron chi connectivity index (χ2n) is 4.28. The minimum atomic E-state index is -1.64. The van der Waals surface area contributed by atoms with Crippen LogP contribution in [0.1, 0.15) is 12.5 Å². The first-order valence-corrected chi connectivity index (χ1v) is 6.10. The van der Waals surface area contributed by atoms with Gasteiger partial charge in [0.25, 0.3) is 0 Å². The lowest BCUT2D eigenvalue weighted by molar-refractivity contribution is -0.168. The zero-order valence-corrected chi connectivity index (χ0v) is 11.1. The largest absolute Gasteiger partial charge is 0.347 e. The normalized spacial score (nSPS) is 32.6. The zero-order chi connectivity index (χ0) is 13.5. The van der Waals surface area contributed by atoms with Crippen molar-refractivity contribution < 1.29 is 17.9 Å². The summed E-state index contributed by atoms with van der Waals surface area (Å²) in [7, 11) is 0. The Kier molecular flexibility index (Phi) is 3.68. The Balaban J connectivity index is 2.48. The molecule has 3 atom stereocenters. The molecule has 0 amide bonds. The van der Waals surface area contributed by atoms with Crippen molar-refractivity contribution in [2.75, 3.05) is 6.54 Å². The van der Waals surface area contributed by atoms with E-state index in [0.717, 1.165) is 6.07 Å². The number of morpholine rings is 1. The summed E-state index contributed by atoms with van der Waals surface area (Å²) in [6.45, 7) is 1.49. The maximum Gasteiger partial charge on any atom is 0.184 e. The third-order valence-corrected chi connectivity index (χ3v) is 3.53. The number of rotatable bonds is 1. The number of nitrogens with one attached hydrogen (secondary N) is 1. The number of alkyl halides is 1. The van der Waals surface area contributed by atoms with Gasteiger partial charge in [0.2, 0.25) is 0 Å². The van der Waals surface area contributed by atoms with E-state index in [-0.39, 0.29) is 16.6 Å². The van der Waals surface area contributed by atoms with E-state index in [0.29, 0.717) is 6.07 Å². The van der Waals surface area contributed by atoms with Crippen molar-refractivity contribution in [3.05, 3.63) is 33.8 Å². The smallest absolute Gasteiger partial charge is 0.184 e. The quantitative estimate of drug-likeness (QED) is 0.614. The van der Waals surface area contributed by atoms with Crippen LogP contribution in [0.5, 0.6) is 0 Å². The van der Waals surface area contributed by atoms with Crippen LogP contribution in [-0.4, -0.2) is 19.1 Å². The molecule has 1 aliphatic heterocycles. The Morgan fingerprint density at radius 3 is 2.78 bits per heavy atom. The standard InChI is InChI=1S/C11H12BrF3N2O/c1-11(10(15)17-4-9(16)18-11)5-2-6(12)8(14)3-7(5)13/h2-3,9-10,17H,4,16H2,1H3/t9-,10?,11+/m1/s1. The topological polar surface area (TPSA) is 47.3 Å². The summed E-state index contributed by atoms with van der Waals surface area (Å²) < 4.78 is 46.2. The molecule has 0 saturated carbocycles. The molecule has 0 spiro atoms. The summed E-state index contributed by atoms with van der Waals surface area (Å²) >= 11 is 2.93. The van der Waals surface area contributed by atoms with Crippen LogP contribution in [0.15, 0.2) is 16.6 Å². The molecule has 1 aromatic carbocycles. The molecule has 1 saturated heterocycles. The van der Waals surface area contributed by atoms with Gasteiger partial charge in [0.05, 0.1) is 4.47 Å². The van der Waals surface area contributed by atoms with Gasteiger partial charge in [-0.3, -0.25) is 5.32 Å². The summed E-state index contributed by atoms with van der Waals surface area (Å²) in [4.78, 5) is 0. The molecule has 1 fully saturated rings. The molecule has 1 aromatic rings. The maximum atomic E-state index is 13.9. The molecule has 3 N–H and O–H groups in total. The molecular formula is C11H12BrF3N2O. The Morgan fingerprint density at radius 1 is 1.44 bits per heavy atom. The van der Waals surface area contributed by atoms with E-state index in [2.05, 4.69) is 21.2 Å². The summed E-state index contributed by atoms with van der Waals surface area (Å²) in [5, 5.41) is 2.49. The highest BCUT2D eigenvalue weighted by Gasteiger charge is 2.44. The number of ether oxygens (including phenoxy) is 1. The lowest BCUT2D eigenvalue weighted by Crippen LogP contribution is -2.58. The van der Waals surface area contributed by atoms with Gasteiger partial charge in [-0.05, 0) is 28.9 Å². The van der Waals surface area contributed by atoms with Gasteiger partial charge in [0.1, 0.15) is 23.5 Å². The molecule has 18 heavy (non-hydrogen) atoms. The second-order valence-corrected chi connectivity index (χ2v) is 5.13. The predicted octanol–water partition coefficient (Wildman–Crippen LogP) is 2.14. The first-order chi connectivity index (χ1) is 8.34. The van der Waals surface area contributed by atoms with Crippen LogP contribution in [-0.2, 0) is 10.3 Å². The highest BCUT2D eigenvalue weighted by molar-refractivity contribution is 9.10. The molecular weight excluding hydrogens is 313 g/mol. The number of hydrogen-bond donors (Lipinski definition) is 2. The minimum Gasteiger partial charge on any atom is -0.347 e. The molecule has 0 radical (unpaired) electrons. The van der Waals surface area contributed by atoms with Crippen LogP contribution in [0.25, 0.3) is 0 Å². The average Bonchev–Trinajstić information content (AvgIpc) is 2.29. The molecule has 0 aliphatic carbocycles. The molecule has 1 aliphatic rings. The van der Waals surface area contributed by atoms with Crippen molar-refractivity contribution in [2.24, 2.45) is 5.73 Å². The van der Waals surface area contributed by atoms with E-state index in [1.807, 2.05) is 0 Å². The zero-order valence-electron chi connectivity index (χ0n) is 9.51. The van der Waals surface area contributed by atoms with E-state index >= 15 is 0 Å².